The van der Waals surface area contributed by atoms with Crippen LogP contribution in [0.15, 0.2) is 71.8 Å². The van der Waals surface area contributed by atoms with Gasteiger partial charge in [0.2, 0.25) is 0 Å². The smallest absolute Gasteiger partial charge is 0.264 e. The van der Waals surface area contributed by atoms with Crippen LogP contribution < -0.4 is 4.90 Å². The minimum atomic E-state index is -0.852. The van der Waals surface area contributed by atoms with Gasteiger partial charge < -0.3 is 9.80 Å². The molecular formula is C31H40Cl2F2N2O. The summed E-state index contributed by atoms with van der Waals surface area (Å²) in [6, 6.07) is 8.76. The highest BCUT2D eigenvalue weighted by Crippen LogP contribution is 2.44. The quantitative estimate of drug-likeness (QED) is 0.313. The molecule has 3 nitrogen and oxygen atoms in total. The Kier molecular flexibility index (Phi) is 14.0. The van der Waals surface area contributed by atoms with Crippen molar-refractivity contribution in [2.75, 3.05) is 31.6 Å². The Hall–Kier alpha value is -2.47. The SMILES string of the molecule is C=C(C)/C=C\C=C(/C)Cl.CC.CCN(C)CCC1(C)CN(C(=O)c2c(F)cccc2F)c2ccc(Cl)cc21. The van der Waals surface area contributed by atoms with E-state index in [1.54, 1.807) is 12.1 Å². The molecule has 0 aromatic heterocycles. The number of carbonyl (C=O) groups excluding carboxylic acids is 1. The number of amides is 1. The van der Waals surface area contributed by atoms with Gasteiger partial charge in [0.1, 0.15) is 17.2 Å². The first-order valence-electron chi connectivity index (χ1n) is 12.8. The van der Waals surface area contributed by atoms with Crippen molar-refractivity contribution >= 4 is 34.8 Å². The second-order valence-corrected chi connectivity index (χ2v) is 10.3. The van der Waals surface area contributed by atoms with Gasteiger partial charge in [0.25, 0.3) is 5.91 Å². The third-order valence-corrected chi connectivity index (χ3v) is 6.48. The predicted octanol–water partition coefficient (Wildman–Crippen LogP) is 9.17. The standard InChI is InChI=1S/C21H23ClF2N2O.C8H11Cl.C2H6/c1-4-25(3)11-10-21(2)13-26(18-9-8-14(22)12-15(18)21)20(27)19-16(23)6-5-7-17(19)24;1-7(2)5-4-6-8(3)9;1-2/h5-9,12H,4,10-11,13H2,1-3H3;4-6H,1H2,2-3H3;1-2H3/b;5-4-,8-6+;. The zero-order valence-corrected chi connectivity index (χ0v) is 25.1. The molecule has 2 aromatic carbocycles. The predicted molar refractivity (Wildman–Crippen MR) is 160 cm³/mol. The molecule has 1 aliphatic heterocycles. The summed E-state index contributed by atoms with van der Waals surface area (Å²) in [4.78, 5) is 16.7. The molecule has 1 amide bonds. The molecule has 0 aliphatic carbocycles. The van der Waals surface area contributed by atoms with E-state index in [2.05, 4.69) is 25.3 Å². The van der Waals surface area contributed by atoms with Gasteiger partial charge in [-0.1, -0.05) is 81.3 Å². The fourth-order valence-corrected chi connectivity index (χ4v) is 4.16. The van der Waals surface area contributed by atoms with Crippen LogP contribution in [0.4, 0.5) is 14.5 Å². The third kappa shape index (κ3) is 9.37. The van der Waals surface area contributed by atoms with Gasteiger partial charge in [0, 0.05) is 27.7 Å². The van der Waals surface area contributed by atoms with Crippen molar-refractivity contribution in [3.05, 3.63) is 99.6 Å². The van der Waals surface area contributed by atoms with Gasteiger partial charge in [-0.25, -0.2) is 8.78 Å². The summed E-state index contributed by atoms with van der Waals surface area (Å²) < 4.78 is 28.3. The average Bonchev–Trinajstić information content (AvgIpc) is 3.15. The molecular weight excluding hydrogens is 525 g/mol. The number of benzene rings is 2. The van der Waals surface area contributed by atoms with Gasteiger partial charge in [-0.3, -0.25) is 4.79 Å². The van der Waals surface area contributed by atoms with Crippen LogP contribution in [0, 0.1) is 11.6 Å². The van der Waals surface area contributed by atoms with Gasteiger partial charge in [0.15, 0.2) is 0 Å². The summed E-state index contributed by atoms with van der Waals surface area (Å²) in [5.41, 5.74) is 1.76. The van der Waals surface area contributed by atoms with E-state index in [9.17, 15) is 13.6 Å². The van der Waals surface area contributed by atoms with Crippen LogP contribution in [0.2, 0.25) is 5.02 Å². The lowest BCUT2D eigenvalue weighted by molar-refractivity contribution is 0.0976. The van der Waals surface area contributed by atoms with Gasteiger partial charge in [0.05, 0.1) is 0 Å². The normalized spacial score (nSPS) is 16.5. The lowest BCUT2D eigenvalue weighted by Crippen LogP contribution is -2.38. The fraction of sp³-hybridized carbons (Fsp3) is 0.387. The Labute approximate surface area is 237 Å². The lowest BCUT2D eigenvalue weighted by atomic mass is 9.81. The molecule has 0 fully saturated rings. The zero-order valence-electron chi connectivity index (χ0n) is 23.5. The van der Waals surface area contributed by atoms with Crippen molar-refractivity contribution in [1.29, 1.82) is 0 Å². The monoisotopic (exact) mass is 564 g/mol. The molecule has 3 rings (SSSR count). The molecule has 0 N–H and O–H groups in total. The number of anilines is 1. The van der Waals surface area contributed by atoms with E-state index in [0.717, 1.165) is 47.8 Å². The van der Waals surface area contributed by atoms with Crippen LogP contribution in [-0.4, -0.2) is 37.5 Å². The summed E-state index contributed by atoms with van der Waals surface area (Å²) in [7, 11) is 2.04. The Morgan fingerprint density at radius 3 is 2.32 bits per heavy atom. The van der Waals surface area contributed by atoms with Crippen molar-refractivity contribution in [1.82, 2.24) is 4.90 Å². The van der Waals surface area contributed by atoms with Gasteiger partial charge >= 0.3 is 0 Å². The van der Waals surface area contributed by atoms with Gasteiger partial charge in [-0.05, 0) is 82.4 Å². The van der Waals surface area contributed by atoms with Crippen molar-refractivity contribution in [2.45, 2.75) is 53.4 Å². The molecule has 7 heteroatoms. The molecule has 38 heavy (non-hydrogen) atoms. The maximum Gasteiger partial charge on any atom is 0.264 e. The van der Waals surface area contributed by atoms with E-state index in [-0.39, 0.29) is 5.41 Å². The second-order valence-electron chi connectivity index (χ2n) is 9.31. The van der Waals surface area contributed by atoms with Crippen molar-refractivity contribution in [3.8, 4) is 0 Å². The van der Waals surface area contributed by atoms with Crippen molar-refractivity contribution < 1.29 is 13.6 Å². The number of carbonyl (C=O) groups is 1. The van der Waals surface area contributed by atoms with E-state index in [4.69, 9.17) is 23.2 Å². The molecule has 208 valence electrons. The molecule has 2 aromatic rings. The Balaban J connectivity index is 0.000000559. The lowest BCUT2D eigenvalue weighted by Gasteiger charge is -2.28. The molecule has 0 saturated heterocycles. The first kappa shape index (κ1) is 33.6. The van der Waals surface area contributed by atoms with E-state index in [1.807, 2.05) is 59.0 Å². The van der Waals surface area contributed by atoms with Crippen LogP contribution in [0.3, 0.4) is 0 Å². The number of allylic oxidation sites excluding steroid dienone is 5. The van der Waals surface area contributed by atoms with Crippen LogP contribution in [0.25, 0.3) is 0 Å². The number of fused-ring (bicyclic) bond motifs is 1. The minimum Gasteiger partial charge on any atom is -0.307 e. The minimum absolute atomic E-state index is 0.346. The second kappa shape index (κ2) is 15.8. The molecule has 1 unspecified atom stereocenters. The average molecular weight is 566 g/mol. The summed E-state index contributed by atoms with van der Waals surface area (Å²) in [6.45, 7) is 17.7. The maximum atomic E-state index is 14.2. The number of nitrogens with zero attached hydrogens (tertiary/aromatic N) is 2. The van der Waals surface area contributed by atoms with Crippen LogP contribution in [0.5, 0.6) is 0 Å². The zero-order chi connectivity index (χ0) is 29.0. The first-order chi connectivity index (χ1) is 17.9. The van der Waals surface area contributed by atoms with E-state index >= 15 is 0 Å². The van der Waals surface area contributed by atoms with E-state index in [1.165, 1.54) is 11.0 Å². The van der Waals surface area contributed by atoms with Gasteiger partial charge in [-0.2, -0.15) is 0 Å². The number of halogens is 4. The molecule has 0 radical (unpaired) electrons. The molecule has 1 atom stereocenters. The van der Waals surface area contributed by atoms with Crippen molar-refractivity contribution in [3.63, 3.8) is 0 Å². The molecule has 0 saturated carbocycles. The highest BCUT2D eigenvalue weighted by Gasteiger charge is 2.42. The molecule has 1 heterocycles. The Morgan fingerprint density at radius 2 is 1.79 bits per heavy atom. The fourth-order valence-electron chi connectivity index (χ4n) is 3.92. The molecule has 0 bridgehead atoms. The number of rotatable bonds is 7. The number of hydrogen-bond acceptors (Lipinski definition) is 2. The first-order valence-corrected chi connectivity index (χ1v) is 13.6. The number of hydrogen-bond donors (Lipinski definition) is 0. The Bertz CT molecular complexity index is 1140. The Morgan fingerprint density at radius 1 is 1.18 bits per heavy atom. The summed E-state index contributed by atoms with van der Waals surface area (Å²) in [5, 5.41) is 1.36. The maximum absolute atomic E-state index is 14.2. The summed E-state index contributed by atoms with van der Waals surface area (Å²) in [5.74, 6) is -2.37. The van der Waals surface area contributed by atoms with Crippen LogP contribution in [-0.2, 0) is 5.41 Å². The van der Waals surface area contributed by atoms with Crippen LogP contribution >= 0.6 is 23.2 Å². The van der Waals surface area contributed by atoms with Crippen molar-refractivity contribution in [2.24, 2.45) is 0 Å². The van der Waals surface area contributed by atoms with Gasteiger partial charge in [-0.15, -0.1) is 0 Å². The highest BCUT2D eigenvalue weighted by atomic mass is 35.5. The van der Waals surface area contributed by atoms with E-state index < -0.39 is 23.1 Å². The summed E-state index contributed by atoms with van der Waals surface area (Å²) >= 11 is 11.7. The third-order valence-electron chi connectivity index (χ3n) is 6.12. The topological polar surface area (TPSA) is 23.6 Å². The molecule has 1 aliphatic rings. The van der Waals surface area contributed by atoms with E-state index in [0.29, 0.717) is 17.3 Å². The highest BCUT2D eigenvalue weighted by molar-refractivity contribution is 6.31. The molecule has 0 spiro atoms. The van der Waals surface area contributed by atoms with Crippen LogP contribution in [0.1, 0.15) is 63.9 Å². The largest absolute Gasteiger partial charge is 0.307 e. The summed E-state index contributed by atoms with van der Waals surface area (Å²) in [6.07, 6.45) is 6.42.